The van der Waals surface area contributed by atoms with Crippen LogP contribution in [0.25, 0.3) is 0 Å². The number of carbonyl (C=O) groups is 2. The van der Waals surface area contributed by atoms with E-state index in [1.165, 1.54) is 12.1 Å². The molecule has 0 saturated carbocycles. The zero-order chi connectivity index (χ0) is 13.4. The molecule has 1 saturated heterocycles. The summed E-state index contributed by atoms with van der Waals surface area (Å²) < 4.78 is 1.15. The molecule has 2 rings (SSSR count). The predicted molar refractivity (Wildman–Crippen MR) is 78.5 cm³/mol. The van der Waals surface area contributed by atoms with E-state index in [9.17, 15) is 9.59 Å². The summed E-state index contributed by atoms with van der Waals surface area (Å²) in [6, 6.07) is 2.98. The van der Waals surface area contributed by atoms with Crippen molar-refractivity contribution in [2.45, 2.75) is 11.7 Å². The molecule has 96 valence electrons. The molecule has 0 spiro atoms. The van der Waals surface area contributed by atoms with E-state index in [0.29, 0.717) is 27.6 Å². The fourth-order valence-electron chi connectivity index (χ4n) is 1.85. The lowest BCUT2D eigenvalue weighted by Crippen LogP contribution is -2.25. The molecule has 4 nitrogen and oxygen atoms in total. The average molecular weight is 395 g/mol. The number of nitrogens with zero attached hydrogens (tertiary/aromatic N) is 1. The van der Waals surface area contributed by atoms with E-state index in [2.05, 4.69) is 44.5 Å². The number of carboxylic acid groups (broad SMARTS) is 1. The molecule has 1 aromatic carbocycles. The van der Waals surface area contributed by atoms with Crippen molar-refractivity contribution in [1.82, 2.24) is 0 Å². The third-order valence-electron chi connectivity index (χ3n) is 2.64. The molecule has 1 heterocycles. The van der Waals surface area contributed by atoms with E-state index in [4.69, 9.17) is 5.11 Å². The van der Waals surface area contributed by atoms with E-state index >= 15 is 0 Å². The van der Waals surface area contributed by atoms with Crippen LogP contribution in [0.1, 0.15) is 16.8 Å². The van der Waals surface area contributed by atoms with Gasteiger partial charge in [-0.3, -0.25) is 4.79 Å². The van der Waals surface area contributed by atoms with E-state index in [0.717, 1.165) is 0 Å². The van der Waals surface area contributed by atoms with Gasteiger partial charge in [0.05, 0.1) is 11.3 Å². The number of halogens is 2. The summed E-state index contributed by atoms with van der Waals surface area (Å²) in [6.07, 6.45) is 0.392. The van der Waals surface area contributed by atoms with Crippen LogP contribution in [0, 0.1) is 0 Å². The second-order valence-corrected chi connectivity index (χ2v) is 6.39. The first kappa shape index (κ1) is 13.9. The molecule has 7 heteroatoms. The number of hydrogen-bond donors (Lipinski definition) is 2. The highest BCUT2D eigenvalue weighted by Crippen LogP contribution is 2.38. The Balaban J connectivity index is 2.46. The summed E-state index contributed by atoms with van der Waals surface area (Å²) in [4.78, 5) is 24.4. The van der Waals surface area contributed by atoms with Crippen LogP contribution in [-0.4, -0.2) is 28.8 Å². The van der Waals surface area contributed by atoms with Crippen molar-refractivity contribution >= 4 is 62.1 Å². The number of benzene rings is 1. The summed E-state index contributed by atoms with van der Waals surface area (Å²) >= 11 is 10.9. The van der Waals surface area contributed by atoms with Crippen molar-refractivity contribution in [1.29, 1.82) is 0 Å². The fourth-order valence-corrected chi connectivity index (χ4v) is 3.79. The van der Waals surface area contributed by atoms with Gasteiger partial charge in [0, 0.05) is 27.2 Å². The van der Waals surface area contributed by atoms with Crippen molar-refractivity contribution in [2.75, 3.05) is 11.4 Å². The molecule has 1 atom stereocenters. The Morgan fingerprint density at radius 2 is 1.94 bits per heavy atom. The Bertz CT molecular complexity index is 512. The third kappa shape index (κ3) is 2.57. The molecule has 0 aromatic heterocycles. The topological polar surface area (TPSA) is 57.6 Å². The second kappa shape index (κ2) is 5.22. The number of rotatable bonds is 2. The maximum atomic E-state index is 11.8. The van der Waals surface area contributed by atoms with E-state index < -0.39 is 5.97 Å². The molecule has 0 radical (unpaired) electrons. The minimum absolute atomic E-state index is 0.00968. The molecule has 1 aromatic rings. The van der Waals surface area contributed by atoms with E-state index in [1.54, 1.807) is 4.90 Å². The van der Waals surface area contributed by atoms with Gasteiger partial charge in [-0.2, -0.15) is 12.6 Å². The quantitative estimate of drug-likeness (QED) is 0.758. The zero-order valence-corrected chi connectivity index (χ0v) is 13.1. The summed E-state index contributed by atoms with van der Waals surface area (Å²) in [5.41, 5.74) is 0.813. The van der Waals surface area contributed by atoms with Gasteiger partial charge in [-0.25, -0.2) is 4.79 Å². The lowest BCUT2D eigenvalue weighted by Gasteiger charge is -2.20. The summed E-state index contributed by atoms with van der Waals surface area (Å²) in [5.74, 6) is -1.03. The van der Waals surface area contributed by atoms with Crippen molar-refractivity contribution in [2.24, 2.45) is 0 Å². The molecule has 1 N–H and O–H groups in total. The van der Waals surface area contributed by atoms with Gasteiger partial charge >= 0.3 is 5.97 Å². The van der Waals surface area contributed by atoms with Gasteiger partial charge < -0.3 is 10.0 Å². The van der Waals surface area contributed by atoms with Crippen LogP contribution in [0.3, 0.4) is 0 Å². The van der Waals surface area contributed by atoms with Crippen molar-refractivity contribution in [3.63, 3.8) is 0 Å². The van der Waals surface area contributed by atoms with Crippen molar-refractivity contribution in [3.05, 3.63) is 26.6 Å². The van der Waals surface area contributed by atoms with Gasteiger partial charge in [-0.1, -0.05) is 0 Å². The molecule has 1 aliphatic heterocycles. The molecule has 1 aliphatic rings. The van der Waals surface area contributed by atoms with Gasteiger partial charge in [0.1, 0.15) is 0 Å². The highest BCUT2D eigenvalue weighted by molar-refractivity contribution is 9.11. The number of thiol groups is 1. The predicted octanol–water partition coefficient (Wildman–Crippen LogP) is 2.94. The van der Waals surface area contributed by atoms with Gasteiger partial charge in [-0.15, -0.1) is 0 Å². The monoisotopic (exact) mass is 393 g/mol. The smallest absolute Gasteiger partial charge is 0.335 e. The van der Waals surface area contributed by atoms with Gasteiger partial charge in [0.25, 0.3) is 0 Å². The van der Waals surface area contributed by atoms with E-state index in [-0.39, 0.29) is 16.7 Å². The molecule has 18 heavy (non-hydrogen) atoms. The van der Waals surface area contributed by atoms with Crippen LogP contribution in [0.4, 0.5) is 5.69 Å². The highest BCUT2D eigenvalue weighted by Gasteiger charge is 2.31. The SMILES string of the molecule is O=C(O)c1cc(Br)c(N2CC(S)CC2=O)c(Br)c1. The van der Waals surface area contributed by atoms with Gasteiger partial charge in [0.2, 0.25) is 5.91 Å². The zero-order valence-electron chi connectivity index (χ0n) is 9.06. The van der Waals surface area contributed by atoms with Crippen LogP contribution in [0.2, 0.25) is 0 Å². The number of amides is 1. The van der Waals surface area contributed by atoms with Crippen molar-refractivity contribution < 1.29 is 14.7 Å². The number of aromatic carboxylic acids is 1. The van der Waals surface area contributed by atoms with Crippen molar-refractivity contribution in [3.8, 4) is 0 Å². The maximum Gasteiger partial charge on any atom is 0.335 e. The van der Waals surface area contributed by atoms with Crippen LogP contribution in [-0.2, 0) is 4.79 Å². The molecule has 1 amide bonds. The summed E-state index contributed by atoms with van der Waals surface area (Å²) in [7, 11) is 0. The Labute approximate surface area is 126 Å². The molecule has 1 fully saturated rings. The lowest BCUT2D eigenvalue weighted by molar-refractivity contribution is -0.117. The Morgan fingerprint density at radius 1 is 1.39 bits per heavy atom. The van der Waals surface area contributed by atoms with Crippen LogP contribution in [0.5, 0.6) is 0 Å². The Morgan fingerprint density at radius 3 is 2.33 bits per heavy atom. The number of carboxylic acids is 1. The van der Waals surface area contributed by atoms with Gasteiger partial charge in [-0.05, 0) is 44.0 Å². The molecular weight excluding hydrogens is 386 g/mol. The van der Waals surface area contributed by atoms with Crippen LogP contribution in [0.15, 0.2) is 21.1 Å². The molecular formula is C11H9Br2NO3S. The minimum Gasteiger partial charge on any atom is -0.478 e. The standard InChI is InChI=1S/C11H9Br2NO3S/c12-7-1-5(11(16)17)2-8(13)10(7)14-4-6(18)3-9(14)15/h1-2,6,18H,3-4H2,(H,16,17). The summed E-state index contributed by atoms with van der Waals surface area (Å²) in [5, 5.41) is 8.96. The first-order valence-electron chi connectivity index (χ1n) is 5.11. The number of anilines is 1. The number of carbonyl (C=O) groups excluding carboxylic acids is 1. The molecule has 0 bridgehead atoms. The maximum absolute atomic E-state index is 11.8. The molecule has 1 unspecified atom stereocenters. The Hall–Kier alpha value is -0.530. The lowest BCUT2D eigenvalue weighted by atomic mass is 10.2. The van der Waals surface area contributed by atoms with Crippen LogP contribution >= 0.6 is 44.5 Å². The van der Waals surface area contributed by atoms with Crippen LogP contribution < -0.4 is 4.90 Å². The fraction of sp³-hybridized carbons (Fsp3) is 0.273. The largest absolute Gasteiger partial charge is 0.478 e. The first-order valence-corrected chi connectivity index (χ1v) is 7.21. The first-order chi connectivity index (χ1) is 8.40. The van der Waals surface area contributed by atoms with Gasteiger partial charge in [0.15, 0.2) is 0 Å². The third-order valence-corrected chi connectivity index (χ3v) is 4.19. The number of hydrogen-bond acceptors (Lipinski definition) is 3. The average Bonchev–Trinajstić information content (AvgIpc) is 2.56. The molecule has 0 aliphatic carbocycles. The highest BCUT2D eigenvalue weighted by atomic mass is 79.9. The second-order valence-electron chi connectivity index (χ2n) is 3.96. The normalized spacial score (nSPS) is 19.4. The summed E-state index contributed by atoms with van der Waals surface area (Å²) in [6.45, 7) is 0.519. The Kier molecular flexibility index (Phi) is 4.03. The minimum atomic E-state index is -1.01. The van der Waals surface area contributed by atoms with E-state index in [1.807, 2.05) is 0 Å².